The number of carbonyl (C=O) groups is 1. The number of halogens is 3. The molecule has 1 aliphatic rings. The van der Waals surface area contributed by atoms with Gasteiger partial charge in [-0.1, -0.05) is 0 Å². The highest BCUT2D eigenvalue weighted by Crippen LogP contribution is 2.33. The van der Waals surface area contributed by atoms with Gasteiger partial charge in [-0.25, -0.2) is 0 Å². The maximum Gasteiger partial charge on any atom is 0.422 e. The minimum absolute atomic E-state index is 0.101. The average molecular weight is 398 g/mol. The van der Waals surface area contributed by atoms with Gasteiger partial charge in [0, 0.05) is 24.1 Å². The number of amides is 1. The standard InChI is InChI=1S/C18H21F3N4O3/c1-27-14-4-3-13(11-15(14)28-12-18(19,20)21)24-16(26)17(5-8-22-9-6-17)25-10-2-7-23-25/h2-4,7,10-11,22H,5-6,8-9,12H2,1H3,(H,24,26). The van der Waals surface area contributed by atoms with E-state index >= 15 is 0 Å². The highest BCUT2D eigenvalue weighted by atomic mass is 19.4. The summed E-state index contributed by atoms with van der Waals surface area (Å²) in [5.41, 5.74) is -0.560. The molecule has 1 aromatic carbocycles. The highest BCUT2D eigenvalue weighted by Gasteiger charge is 2.42. The van der Waals surface area contributed by atoms with Crippen LogP contribution in [0.4, 0.5) is 18.9 Å². The first-order valence-electron chi connectivity index (χ1n) is 8.74. The van der Waals surface area contributed by atoms with E-state index in [1.807, 2.05) is 0 Å². The lowest BCUT2D eigenvalue weighted by Crippen LogP contribution is -2.52. The molecule has 0 radical (unpaired) electrons. The van der Waals surface area contributed by atoms with E-state index in [0.29, 0.717) is 31.6 Å². The lowest BCUT2D eigenvalue weighted by atomic mass is 9.87. The zero-order chi connectivity index (χ0) is 20.2. The molecule has 1 aromatic heterocycles. The summed E-state index contributed by atoms with van der Waals surface area (Å²) in [6.45, 7) is -0.157. The predicted molar refractivity (Wildman–Crippen MR) is 95.5 cm³/mol. The monoisotopic (exact) mass is 398 g/mol. The SMILES string of the molecule is COc1ccc(NC(=O)C2(n3cccn3)CCNCC2)cc1OCC(F)(F)F. The van der Waals surface area contributed by atoms with Crippen LogP contribution in [0.5, 0.6) is 11.5 Å². The van der Waals surface area contributed by atoms with E-state index in [1.165, 1.54) is 19.2 Å². The summed E-state index contributed by atoms with van der Waals surface area (Å²) in [7, 11) is 1.33. The summed E-state index contributed by atoms with van der Waals surface area (Å²) in [6, 6.07) is 6.06. The molecule has 1 amide bonds. The summed E-state index contributed by atoms with van der Waals surface area (Å²) in [5.74, 6) is -0.244. The first-order valence-corrected chi connectivity index (χ1v) is 8.74. The summed E-state index contributed by atoms with van der Waals surface area (Å²) in [4.78, 5) is 13.1. The Hall–Kier alpha value is -2.75. The number of hydrogen-bond acceptors (Lipinski definition) is 5. The largest absolute Gasteiger partial charge is 0.493 e. The molecule has 3 rings (SSSR count). The normalized spacial score (nSPS) is 16.4. The van der Waals surface area contributed by atoms with Gasteiger partial charge in [-0.2, -0.15) is 18.3 Å². The lowest BCUT2D eigenvalue weighted by molar-refractivity contribution is -0.153. The second kappa shape index (κ2) is 8.09. The first-order chi connectivity index (χ1) is 13.3. The fourth-order valence-corrected chi connectivity index (χ4v) is 3.20. The Morgan fingerprint density at radius 1 is 1.32 bits per heavy atom. The maximum absolute atomic E-state index is 13.1. The smallest absolute Gasteiger partial charge is 0.422 e. The zero-order valence-corrected chi connectivity index (χ0v) is 15.3. The van der Waals surface area contributed by atoms with Crippen LogP contribution < -0.4 is 20.1 Å². The van der Waals surface area contributed by atoms with Crippen LogP contribution in [0.2, 0.25) is 0 Å². The number of anilines is 1. The van der Waals surface area contributed by atoms with E-state index in [4.69, 9.17) is 9.47 Å². The molecule has 10 heteroatoms. The third-order valence-corrected chi connectivity index (χ3v) is 4.61. The van der Waals surface area contributed by atoms with Crippen molar-refractivity contribution in [2.75, 3.05) is 32.1 Å². The molecular formula is C18H21F3N4O3. The van der Waals surface area contributed by atoms with Crippen molar-refractivity contribution in [1.82, 2.24) is 15.1 Å². The number of rotatable bonds is 6. The van der Waals surface area contributed by atoms with Crippen LogP contribution in [-0.2, 0) is 10.3 Å². The van der Waals surface area contributed by atoms with Crippen molar-refractivity contribution in [1.29, 1.82) is 0 Å². The molecule has 1 saturated heterocycles. The molecule has 2 heterocycles. The number of carbonyl (C=O) groups excluding carboxylic acids is 1. The van der Waals surface area contributed by atoms with Crippen LogP contribution in [0.3, 0.4) is 0 Å². The van der Waals surface area contributed by atoms with Crippen LogP contribution in [0.25, 0.3) is 0 Å². The summed E-state index contributed by atoms with van der Waals surface area (Å²) < 4.78 is 49.0. The van der Waals surface area contributed by atoms with Crippen molar-refractivity contribution in [2.45, 2.75) is 24.6 Å². The quantitative estimate of drug-likeness (QED) is 0.782. The van der Waals surface area contributed by atoms with Crippen LogP contribution in [0, 0.1) is 0 Å². The molecule has 0 aliphatic carbocycles. The summed E-state index contributed by atoms with van der Waals surface area (Å²) in [5, 5.41) is 10.2. The Morgan fingerprint density at radius 3 is 2.68 bits per heavy atom. The fraction of sp³-hybridized carbons (Fsp3) is 0.444. The van der Waals surface area contributed by atoms with Crippen molar-refractivity contribution in [3.05, 3.63) is 36.7 Å². The number of benzene rings is 1. The van der Waals surface area contributed by atoms with E-state index in [-0.39, 0.29) is 17.4 Å². The van der Waals surface area contributed by atoms with E-state index < -0.39 is 18.3 Å². The fourth-order valence-electron chi connectivity index (χ4n) is 3.20. The number of methoxy groups -OCH3 is 1. The molecule has 2 aromatic rings. The van der Waals surface area contributed by atoms with Gasteiger partial charge >= 0.3 is 6.18 Å². The third-order valence-electron chi connectivity index (χ3n) is 4.61. The molecule has 152 valence electrons. The van der Waals surface area contributed by atoms with Crippen LogP contribution in [0.15, 0.2) is 36.7 Å². The molecule has 1 fully saturated rings. The van der Waals surface area contributed by atoms with E-state index in [2.05, 4.69) is 15.7 Å². The number of hydrogen-bond donors (Lipinski definition) is 2. The summed E-state index contributed by atoms with van der Waals surface area (Å²) in [6.07, 6.45) is -0.0734. The average Bonchev–Trinajstić information content (AvgIpc) is 3.22. The van der Waals surface area contributed by atoms with Crippen LogP contribution in [-0.4, -0.2) is 48.7 Å². The van der Waals surface area contributed by atoms with Gasteiger partial charge < -0.3 is 20.1 Å². The van der Waals surface area contributed by atoms with E-state index in [0.717, 1.165) is 0 Å². The van der Waals surface area contributed by atoms with Crippen LogP contribution in [0.1, 0.15) is 12.8 Å². The Kier molecular flexibility index (Phi) is 5.78. The van der Waals surface area contributed by atoms with Gasteiger partial charge in [0.1, 0.15) is 5.54 Å². The van der Waals surface area contributed by atoms with Crippen molar-refractivity contribution >= 4 is 11.6 Å². The van der Waals surface area contributed by atoms with Gasteiger partial charge in [0.2, 0.25) is 0 Å². The first kappa shape index (κ1) is 20.0. The molecule has 2 N–H and O–H groups in total. The van der Waals surface area contributed by atoms with E-state index in [1.54, 1.807) is 29.2 Å². The van der Waals surface area contributed by atoms with Crippen molar-refractivity contribution in [3.8, 4) is 11.5 Å². The second-order valence-corrected chi connectivity index (χ2v) is 6.46. The highest BCUT2D eigenvalue weighted by molar-refractivity contribution is 5.97. The number of ether oxygens (including phenoxy) is 2. The molecular weight excluding hydrogens is 377 g/mol. The molecule has 28 heavy (non-hydrogen) atoms. The molecule has 0 spiro atoms. The third kappa shape index (κ3) is 4.38. The maximum atomic E-state index is 13.1. The molecule has 7 nitrogen and oxygen atoms in total. The van der Waals surface area contributed by atoms with Crippen molar-refractivity contribution in [3.63, 3.8) is 0 Å². The van der Waals surface area contributed by atoms with Crippen molar-refractivity contribution < 1.29 is 27.4 Å². The van der Waals surface area contributed by atoms with Crippen LogP contribution >= 0.6 is 0 Å². The Balaban J connectivity index is 1.82. The molecule has 1 aliphatic heterocycles. The number of nitrogens with one attached hydrogen (secondary N) is 2. The van der Waals surface area contributed by atoms with Gasteiger partial charge in [0.05, 0.1) is 7.11 Å². The van der Waals surface area contributed by atoms with Gasteiger partial charge in [-0.05, 0) is 44.1 Å². The number of alkyl halides is 3. The molecule has 0 atom stereocenters. The Labute approximate surface area is 159 Å². The topological polar surface area (TPSA) is 77.4 Å². The lowest BCUT2D eigenvalue weighted by Gasteiger charge is -2.36. The molecule has 0 unspecified atom stereocenters. The minimum Gasteiger partial charge on any atom is -0.493 e. The molecule has 0 bridgehead atoms. The number of nitrogens with zero attached hydrogens (tertiary/aromatic N) is 2. The zero-order valence-electron chi connectivity index (χ0n) is 15.3. The second-order valence-electron chi connectivity index (χ2n) is 6.46. The molecule has 0 saturated carbocycles. The van der Waals surface area contributed by atoms with E-state index in [9.17, 15) is 18.0 Å². The van der Waals surface area contributed by atoms with Gasteiger partial charge in [0.15, 0.2) is 18.1 Å². The Bertz CT molecular complexity index is 803. The number of piperidine rings is 1. The van der Waals surface area contributed by atoms with Gasteiger partial charge in [0.25, 0.3) is 5.91 Å². The Morgan fingerprint density at radius 2 is 2.07 bits per heavy atom. The number of aromatic nitrogens is 2. The minimum atomic E-state index is -4.48. The van der Waals surface area contributed by atoms with Crippen molar-refractivity contribution in [2.24, 2.45) is 0 Å². The predicted octanol–water partition coefficient (Wildman–Crippen LogP) is 2.55. The van der Waals surface area contributed by atoms with Gasteiger partial charge in [-0.15, -0.1) is 0 Å². The summed E-state index contributed by atoms with van der Waals surface area (Å²) >= 11 is 0. The van der Waals surface area contributed by atoms with Gasteiger partial charge in [-0.3, -0.25) is 9.48 Å².